The van der Waals surface area contributed by atoms with Gasteiger partial charge in [-0.05, 0) is 26.9 Å². The van der Waals surface area contributed by atoms with E-state index >= 15 is 0 Å². The SMILES string of the molecule is CCn1ncnc1CN(C)C1CCNC1. The molecule has 0 amide bonds. The molecular formula is C10H19N5. The van der Waals surface area contributed by atoms with Crippen molar-refractivity contribution in [2.24, 2.45) is 0 Å². The maximum absolute atomic E-state index is 4.29. The molecule has 2 rings (SSSR count). The standard InChI is InChI=1S/C10H19N5/c1-3-15-10(12-8-13-15)7-14(2)9-4-5-11-6-9/h8-9,11H,3-7H2,1-2H3. The minimum absolute atomic E-state index is 0.645. The van der Waals surface area contributed by atoms with Crippen LogP contribution in [0.25, 0.3) is 0 Å². The lowest BCUT2D eigenvalue weighted by Crippen LogP contribution is -2.33. The zero-order chi connectivity index (χ0) is 10.7. The van der Waals surface area contributed by atoms with E-state index in [2.05, 4.69) is 34.3 Å². The first kappa shape index (κ1) is 10.6. The molecule has 5 nitrogen and oxygen atoms in total. The molecule has 1 aromatic rings. The van der Waals surface area contributed by atoms with Crippen molar-refractivity contribution in [3.05, 3.63) is 12.2 Å². The van der Waals surface area contributed by atoms with Crippen LogP contribution in [-0.2, 0) is 13.1 Å². The number of aromatic nitrogens is 3. The summed E-state index contributed by atoms with van der Waals surface area (Å²) in [5.74, 6) is 1.06. The van der Waals surface area contributed by atoms with Crippen molar-refractivity contribution in [3.63, 3.8) is 0 Å². The Labute approximate surface area is 90.5 Å². The first-order valence-corrected chi connectivity index (χ1v) is 5.59. The predicted octanol–water partition coefficient (Wildman–Crippen LogP) is 0.0917. The van der Waals surface area contributed by atoms with Crippen LogP contribution < -0.4 is 5.32 Å². The van der Waals surface area contributed by atoms with Gasteiger partial charge in [-0.3, -0.25) is 4.90 Å². The molecule has 1 unspecified atom stereocenters. The maximum atomic E-state index is 4.29. The average Bonchev–Trinajstić information content (AvgIpc) is 2.87. The maximum Gasteiger partial charge on any atom is 0.140 e. The first-order valence-electron chi connectivity index (χ1n) is 5.59. The molecule has 15 heavy (non-hydrogen) atoms. The number of rotatable bonds is 4. The van der Waals surface area contributed by atoms with E-state index in [9.17, 15) is 0 Å². The van der Waals surface area contributed by atoms with Crippen molar-refractivity contribution in [1.29, 1.82) is 0 Å². The van der Waals surface area contributed by atoms with Gasteiger partial charge in [-0.25, -0.2) is 9.67 Å². The smallest absolute Gasteiger partial charge is 0.140 e. The molecule has 5 heteroatoms. The lowest BCUT2D eigenvalue weighted by atomic mass is 10.2. The summed E-state index contributed by atoms with van der Waals surface area (Å²) in [5, 5.41) is 7.55. The van der Waals surface area contributed by atoms with Crippen LogP contribution in [0.15, 0.2) is 6.33 Å². The normalized spacial score (nSPS) is 21.4. The Morgan fingerprint density at radius 3 is 3.20 bits per heavy atom. The van der Waals surface area contributed by atoms with Gasteiger partial charge in [0, 0.05) is 19.1 Å². The fraction of sp³-hybridized carbons (Fsp3) is 0.800. The number of nitrogens with one attached hydrogen (secondary N) is 1. The second-order valence-corrected chi connectivity index (χ2v) is 4.05. The molecule has 0 saturated carbocycles. The Morgan fingerprint density at radius 1 is 1.67 bits per heavy atom. The van der Waals surface area contributed by atoms with Gasteiger partial charge in [0.2, 0.25) is 0 Å². The van der Waals surface area contributed by atoms with E-state index in [1.165, 1.54) is 6.42 Å². The summed E-state index contributed by atoms with van der Waals surface area (Å²) in [7, 11) is 2.16. The van der Waals surface area contributed by atoms with Crippen molar-refractivity contribution in [1.82, 2.24) is 25.0 Å². The Balaban J connectivity index is 1.95. The van der Waals surface area contributed by atoms with E-state index < -0.39 is 0 Å². The zero-order valence-electron chi connectivity index (χ0n) is 9.48. The minimum Gasteiger partial charge on any atom is -0.315 e. The van der Waals surface area contributed by atoms with E-state index in [0.29, 0.717) is 6.04 Å². The topological polar surface area (TPSA) is 46.0 Å². The highest BCUT2D eigenvalue weighted by Gasteiger charge is 2.20. The molecule has 0 aromatic carbocycles. The second kappa shape index (κ2) is 4.72. The molecule has 1 fully saturated rings. The van der Waals surface area contributed by atoms with Crippen LogP contribution in [0.4, 0.5) is 0 Å². The fourth-order valence-electron chi connectivity index (χ4n) is 2.04. The Kier molecular flexibility index (Phi) is 3.33. The lowest BCUT2D eigenvalue weighted by molar-refractivity contribution is 0.238. The molecule has 2 heterocycles. The largest absolute Gasteiger partial charge is 0.315 e. The predicted molar refractivity (Wildman–Crippen MR) is 58.4 cm³/mol. The molecule has 0 radical (unpaired) electrons. The van der Waals surface area contributed by atoms with E-state index in [1.807, 2.05) is 4.68 Å². The fourth-order valence-corrected chi connectivity index (χ4v) is 2.04. The van der Waals surface area contributed by atoms with Crippen molar-refractivity contribution in [2.45, 2.75) is 32.5 Å². The monoisotopic (exact) mass is 209 g/mol. The highest BCUT2D eigenvalue weighted by molar-refractivity contribution is 4.87. The van der Waals surface area contributed by atoms with Crippen molar-refractivity contribution < 1.29 is 0 Å². The van der Waals surface area contributed by atoms with Crippen LogP contribution in [0.5, 0.6) is 0 Å². The van der Waals surface area contributed by atoms with Gasteiger partial charge in [0.25, 0.3) is 0 Å². The molecular weight excluding hydrogens is 190 g/mol. The molecule has 0 spiro atoms. The molecule has 1 aromatic heterocycles. The van der Waals surface area contributed by atoms with Gasteiger partial charge >= 0.3 is 0 Å². The lowest BCUT2D eigenvalue weighted by Gasteiger charge is -2.22. The molecule has 0 bridgehead atoms. The Morgan fingerprint density at radius 2 is 2.53 bits per heavy atom. The molecule has 1 atom stereocenters. The van der Waals surface area contributed by atoms with Gasteiger partial charge in [0.1, 0.15) is 12.2 Å². The van der Waals surface area contributed by atoms with Crippen molar-refractivity contribution >= 4 is 0 Å². The van der Waals surface area contributed by atoms with Gasteiger partial charge in [-0.15, -0.1) is 0 Å². The van der Waals surface area contributed by atoms with Gasteiger partial charge in [0.15, 0.2) is 0 Å². The Hall–Kier alpha value is -0.940. The van der Waals surface area contributed by atoms with Gasteiger partial charge in [-0.1, -0.05) is 0 Å². The third-order valence-electron chi connectivity index (χ3n) is 3.04. The van der Waals surface area contributed by atoms with Crippen LogP contribution in [0.1, 0.15) is 19.2 Å². The van der Waals surface area contributed by atoms with Gasteiger partial charge < -0.3 is 5.32 Å². The second-order valence-electron chi connectivity index (χ2n) is 4.05. The third kappa shape index (κ3) is 2.35. The molecule has 1 aliphatic rings. The quantitative estimate of drug-likeness (QED) is 0.763. The zero-order valence-corrected chi connectivity index (χ0v) is 9.48. The summed E-state index contributed by atoms with van der Waals surface area (Å²) in [6.45, 7) is 6.10. The summed E-state index contributed by atoms with van der Waals surface area (Å²) in [5.41, 5.74) is 0. The highest BCUT2D eigenvalue weighted by atomic mass is 15.3. The third-order valence-corrected chi connectivity index (χ3v) is 3.04. The number of nitrogens with zero attached hydrogens (tertiary/aromatic N) is 4. The number of hydrogen-bond acceptors (Lipinski definition) is 4. The summed E-state index contributed by atoms with van der Waals surface area (Å²) < 4.78 is 1.96. The van der Waals surface area contributed by atoms with Crippen LogP contribution in [0, 0.1) is 0 Å². The van der Waals surface area contributed by atoms with E-state index in [1.54, 1.807) is 6.33 Å². The molecule has 1 saturated heterocycles. The van der Waals surface area contributed by atoms with Crippen LogP contribution in [-0.4, -0.2) is 45.8 Å². The summed E-state index contributed by atoms with van der Waals surface area (Å²) >= 11 is 0. The minimum atomic E-state index is 0.645. The highest BCUT2D eigenvalue weighted by Crippen LogP contribution is 2.09. The first-order chi connectivity index (χ1) is 7.31. The summed E-state index contributed by atoms with van der Waals surface area (Å²) in [4.78, 5) is 6.65. The van der Waals surface area contributed by atoms with Gasteiger partial charge in [-0.2, -0.15) is 5.10 Å². The summed E-state index contributed by atoms with van der Waals surface area (Å²) in [6, 6.07) is 0.645. The average molecular weight is 209 g/mol. The molecule has 0 aliphatic carbocycles. The number of hydrogen-bond donors (Lipinski definition) is 1. The van der Waals surface area contributed by atoms with Crippen molar-refractivity contribution in [3.8, 4) is 0 Å². The van der Waals surface area contributed by atoms with Crippen LogP contribution in [0.2, 0.25) is 0 Å². The molecule has 1 aliphatic heterocycles. The Bertz CT molecular complexity index is 303. The van der Waals surface area contributed by atoms with Crippen molar-refractivity contribution in [2.75, 3.05) is 20.1 Å². The van der Waals surface area contributed by atoms with E-state index in [0.717, 1.165) is 32.0 Å². The van der Waals surface area contributed by atoms with Crippen LogP contribution >= 0.6 is 0 Å². The van der Waals surface area contributed by atoms with E-state index in [-0.39, 0.29) is 0 Å². The number of likely N-dealkylation sites (N-methyl/N-ethyl adjacent to an activating group) is 1. The van der Waals surface area contributed by atoms with Gasteiger partial charge in [0.05, 0.1) is 6.54 Å². The van der Waals surface area contributed by atoms with E-state index in [4.69, 9.17) is 0 Å². The molecule has 1 N–H and O–H groups in total. The molecule has 84 valence electrons. The van der Waals surface area contributed by atoms with Crippen LogP contribution in [0.3, 0.4) is 0 Å². The summed E-state index contributed by atoms with van der Waals surface area (Å²) in [6.07, 6.45) is 2.87. The number of aryl methyl sites for hydroxylation is 1.